The Morgan fingerprint density at radius 1 is 1.00 bits per heavy atom. The minimum atomic E-state index is -3.85. The molecule has 0 radical (unpaired) electrons. The Kier molecular flexibility index (Phi) is 7.04. The summed E-state index contributed by atoms with van der Waals surface area (Å²) in [6.45, 7) is 1.43. The molecule has 1 amide bonds. The number of benzene rings is 2. The fourth-order valence-electron chi connectivity index (χ4n) is 4.76. The Morgan fingerprint density at radius 2 is 1.71 bits per heavy atom. The molecule has 1 atom stereocenters. The molecule has 4 aromatic rings. The lowest BCUT2D eigenvalue weighted by atomic mass is 9.91. The van der Waals surface area contributed by atoms with E-state index in [0.717, 1.165) is 16.7 Å². The van der Waals surface area contributed by atoms with Gasteiger partial charge in [-0.05, 0) is 54.3 Å². The van der Waals surface area contributed by atoms with Crippen LogP contribution in [-0.2, 0) is 26.6 Å². The van der Waals surface area contributed by atoms with Crippen molar-refractivity contribution in [2.75, 3.05) is 17.3 Å². The maximum Gasteiger partial charge on any atom is 0.260 e. The van der Waals surface area contributed by atoms with Gasteiger partial charge in [0.25, 0.3) is 5.91 Å². The summed E-state index contributed by atoms with van der Waals surface area (Å²) >= 11 is 12.5. The van der Waals surface area contributed by atoms with Crippen molar-refractivity contribution in [3.63, 3.8) is 0 Å². The SMILES string of the molecule is C[C@@]1(Cc2ccc(-c3cccnc3)cc2)C(=O)N(c2cc(Cl)cc(Cl)c2)c2ncc(S(=O)(=O)CCCO)n21. The van der Waals surface area contributed by atoms with Crippen LogP contribution in [0.5, 0.6) is 0 Å². The molecule has 1 N–H and O–H groups in total. The van der Waals surface area contributed by atoms with Crippen molar-refractivity contribution >= 4 is 50.6 Å². The van der Waals surface area contributed by atoms with Crippen molar-refractivity contribution in [3.8, 4) is 11.1 Å². The number of hydrogen-bond acceptors (Lipinski definition) is 6. The number of nitrogens with zero attached hydrogens (tertiary/aromatic N) is 4. The van der Waals surface area contributed by atoms with Crippen molar-refractivity contribution in [3.05, 3.63) is 88.8 Å². The van der Waals surface area contributed by atoms with Gasteiger partial charge in [-0.2, -0.15) is 0 Å². The fourth-order valence-corrected chi connectivity index (χ4v) is 6.76. The van der Waals surface area contributed by atoms with Crippen LogP contribution in [0, 0.1) is 0 Å². The van der Waals surface area contributed by atoms with Crippen molar-refractivity contribution < 1.29 is 18.3 Å². The van der Waals surface area contributed by atoms with Gasteiger partial charge < -0.3 is 5.11 Å². The number of pyridine rings is 1. The summed E-state index contributed by atoms with van der Waals surface area (Å²) in [4.78, 5) is 24.0. The first-order valence-corrected chi connectivity index (χ1v) is 14.3. The second-order valence-electron chi connectivity index (χ2n) is 9.29. The molecule has 1 aliphatic rings. The second kappa shape index (κ2) is 10.1. The Hall–Kier alpha value is -3.24. The molecule has 2 aromatic heterocycles. The van der Waals surface area contributed by atoms with Crippen molar-refractivity contribution in [1.82, 2.24) is 14.5 Å². The van der Waals surface area contributed by atoms with Gasteiger partial charge in [0.05, 0.1) is 17.6 Å². The van der Waals surface area contributed by atoms with E-state index in [4.69, 9.17) is 23.2 Å². The smallest absolute Gasteiger partial charge is 0.260 e. The zero-order chi connectivity index (χ0) is 27.1. The number of anilines is 2. The zero-order valence-corrected chi connectivity index (χ0v) is 22.7. The highest BCUT2D eigenvalue weighted by molar-refractivity contribution is 7.91. The molecule has 0 bridgehead atoms. The van der Waals surface area contributed by atoms with Crippen LogP contribution in [-0.4, -0.2) is 46.3 Å². The number of amides is 1. The van der Waals surface area contributed by atoms with Gasteiger partial charge in [0.2, 0.25) is 5.95 Å². The molecular weight excluding hydrogens is 547 g/mol. The highest BCUT2D eigenvalue weighted by atomic mass is 35.5. The summed E-state index contributed by atoms with van der Waals surface area (Å²) in [5.41, 5.74) is 1.82. The van der Waals surface area contributed by atoms with Crippen LogP contribution >= 0.6 is 23.2 Å². The van der Waals surface area contributed by atoms with Gasteiger partial charge in [0, 0.05) is 35.5 Å². The summed E-state index contributed by atoms with van der Waals surface area (Å²) < 4.78 is 28.0. The van der Waals surface area contributed by atoms with E-state index in [-0.39, 0.29) is 42.1 Å². The van der Waals surface area contributed by atoms with Crippen molar-refractivity contribution in [2.45, 2.75) is 30.3 Å². The normalized spacial score (nSPS) is 17.2. The molecule has 38 heavy (non-hydrogen) atoms. The molecule has 3 heterocycles. The summed E-state index contributed by atoms with van der Waals surface area (Å²) in [6, 6.07) is 16.2. The van der Waals surface area contributed by atoms with E-state index in [1.807, 2.05) is 36.4 Å². The molecule has 196 valence electrons. The predicted octanol–water partition coefficient (Wildman–Crippen LogP) is 5.04. The maximum absolute atomic E-state index is 14.1. The molecule has 5 rings (SSSR count). The topological polar surface area (TPSA) is 105 Å². The Balaban J connectivity index is 1.60. The average molecular weight is 571 g/mol. The first-order chi connectivity index (χ1) is 18.1. The third-order valence-electron chi connectivity index (χ3n) is 6.56. The minimum Gasteiger partial charge on any atom is -0.396 e. The lowest BCUT2D eigenvalue weighted by molar-refractivity contribution is -0.124. The number of rotatable bonds is 8. The third kappa shape index (κ3) is 4.71. The lowest BCUT2D eigenvalue weighted by Gasteiger charge is -2.26. The molecule has 0 aliphatic carbocycles. The predicted molar refractivity (Wildman–Crippen MR) is 147 cm³/mol. The van der Waals surface area contributed by atoms with E-state index in [9.17, 15) is 18.3 Å². The number of aliphatic hydroxyl groups excluding tert-OH is 1. The van der Waals surface area contributed by atoms with E-state index < -0.39 is 15.4 Å². The number of aromatic nitrogens is 3. The standard InChI is InChI=1S/C27H24Cl2N4O4S/c1-27(15-18-5-7-19(8-6-18)20-4-2-9-30-16-20)25(35)32(23-13-21(28)12-22(29)14-23)26-31-17-24(33(26)27)38(36,37)11-3-10-34/h2,4-9,12-14,16-17,34H,3,10-11,15H2,1H3/t27-/m1/s1. The van der Waals surface area contributed by atoms with Gasteiger partial charge in [0.15, 0.2) is 14.9 Å². The molecular formula is C27H24Cl2N4O4S. The Bertz CT molecular complexity index is 1590. The summed E-state index contributed by atoms with van der Waals surface area (Å²) in [7, 11) is -3.85. The molecule has 0 spiro atoms. The number of aliphatic hydroxyl groups is 1. The second-order valence-corrected chi connectivity index (χ2v) is 12.2. The molecule has 0 saturated heterocycles. The first kappa shape index (κ1) is 26.4. The zero-order valence-electron chi connectivity index (χ0n) is 20.4. The monoisotopic (exact) mass is 570 g/mol. The Morgan fingerprint density at radius 3 is 2.34 bits per heavy atom. The highest BCUT2D eigenvalue weighted by Crippen LogP contribution is 2.44. The molecule has 2 aromatic carbocycles. The Labute approximate surface area is 230 Å². The lowest BCUT2D eigenvalue weighted by Crippen LogP contribution is -2.42. The van der Waals surface area contributed by atoms with Gasteiger partial charge in [-0.1, -0.05) is 53.5 Å². The quantitative estimate of drug-likeness (QED) is 0.318. The van der Waals surface area contributed by atoms with Crippen LogP contribution in [0.4, 0.5) is 11.6 Å². The van der Waals surface area contributed by atoms with Gasteiger partial charge >= 0.3 is 0 Å². The molecule has 1 aliphatic heterocycles. The molecule has 0 fully saturated rings. The van der Waals surface area contributed by atoms with Crippen molar-refractivity contribution in [2.24, 2.45) is 0 Å². The van der Waals surface area contributed by atoms with E-state index in [1.165, 1.54) is 15.7 Å². The van der Waals surface area contributed by atoms with Crippen LogP contribution in [0.25, 0.3) is 11.1 Å². The molecule has 0 unspecified atom stereocenters. The van der Waals surface area contributed by atoms with Crippen LogP contribution < -0.4 is 4.90 Å². The number of sulfone groups is 1. The van der Waals surface area contributed by atoms with Gasteiger partial charge in [-0.3, -0.25) is 14.3 Å². The van der Waals surface area contributed by atoms with Gasteiger partial charge in [-0.15, -0.1) is 0 Å². The number of fused-ring (bicyclic) bond motifs is 1. The van der Waals surface area contributed by atoms with Crippen LogP contribution in [0.2, 0.25) is 10.0 Å². The minimum absolute atomic E-state index is 0.0664. The summed E-state index contributed by atoms with van der Waals surface area (Å²) in [5, 5.41) is 9.80. The number of imidazole rings is 1. The van der Waals surface area contributed by atoms with Crippen LogP contribution in [0.1, 0.15) is 18.9 Å². The third-order valence-corrected chi connectivity index (χ3v) is 8.75. The van der Waals surface area contributed by atoms with Gasteiger partial charge in [-0.25, -0.2) is 18.3 Å². The molecule has 8 nitrogen and oxygen atoms in total. The summed E-state index contributed by atoms with van der Waals surface area (Å²) in [5.74, 6) is -0.485. The van der Waals surface area contributed by atoms with Crippen molar-refractivity contribution in [1.29, 1.82) is 0 Å². The number of hydrogen-bond donors (Lipinski definition) is 1. The number of carbonyl (C=O) groups excluding carboxylic acids is 1. The number of carbonyl (C=O) groups is 1. The largest absolute Gasteiger partial charge is 0.396 e. The first-order valence-electron chi connectivity index (χ1n) is 11.9. The van der Waals surface area contributed by atoms with E-state index in [0.29, 0.717) is 15.7 Å². The highest BCUT2D eigenvalue weighted by Gasteiger charge is 2.51. The van der Waals surface area contributed by atoms with Crippen LogP contribution in [0.15, 0.2) is 78.2 Å². The molecule has 0 saturated carbocycles. The number of halogens is 2. The van der Waals surface area contributed by atoms with E-state index in [1.54, 1.807) is 37.5 Å². The van der Waals surface area contributed by atoms with E-state index >= 15 is 0 Å². The maximum atomic E-state index is 14.1. The van der Waals surface area contributed by atoms with E-state index in [2.05, 4.69) is 9.97 Å². The molecule has 11 heteroatoms. The van der Waals surface area contributed by atoms with Crippen LogP contribution in [0.3, 0.4) is 0 Å². The average Bonchev–Trinajstić information content (AvgIpc) is 3.42. The van der Waals surface area contributed by atoms with Gasteiger partial charge in [0.1, 0.15) is 5.54 Å². The fraction of sp³-hybridized carbons (Fsp3) is 0.222. The summed E-state index contributed by atoms with van der Waals surface area (Å²) in [6.07, 6.45) is 5.01.